The molecule has 5 aromatic rings. The number of anilines is 1. The molecule has 1 aliphatic carbocycles. The molecule has 39 heavy (non-hydrogen) atoms. The minimum atomic E-state index is -0.647. The average Bonchev–Trinajstić information content (AvgIpc) is 3.55. The van der Waals surface area contributed by atoms with E-state index >= 15 is 0 Å². The predicted molar refractivity (Wildman–Crippen MR) is 151 cm³/mol. The minimum Gasteiger partial charge on any atom is -0.392 e. The highest BCUT2D eigenvalue weighted by Gasteiger charge is 2.28. The maximum absolute atomic E-state index is 13.2. The van der Waals surface area contributed by atoms with Gasteiger partial charge in [0.05, 0.1) is 41.5 Å². The van der Waals surface area contributed by atoms with Crippen molar-refractivity contribution in [2.75, 3.05) is 11.9 Å². The van der Waals surface area contributed by atoms with Crippen molar-refractivity contribution in [1.29, 1.82) is 0 Å². The fourth-order valence-electron chi connectivity index (χ4n) is 4.95. The fourth-order valence-corrected chi connectivity index (χ4v) is 5.12. The molecule has 0 aliphatic heterocycles. The van der Waals surface area contributed by atoms with Gasteiger partial charge in [-0.3, -0.25) is 14.2 Å². The van der Waals surface area contributed by atoms with Crippen molar-refractivity contribution in [3.8, 4) is 11.4 Å². The molecule has 10 nitrogen and oxygen atoms in total. The molecular weight excluding hydrogens is 516 g/mol. The lowest BCUT2D eigenvalue weighted by Crippen LogP contribution is -2.27. The van der Waals surface area contributed by atoms with Crippen LogP contribution in [0.3, 0.4) is 0 Å². The lowest BCUT2D eigenvalue weighted by atomic mass is 10.1. The number of rotatable bonds is 8. The number of nitrogens with one attached hydrogen (secondary N) is 1. The van der Waals surface area contributed by atoms with E-state index in [1.165, 1.54) is 0 Å². The van der Waals surface area contributed by atoms with E-state index in [-0.39, 0.29) is 12.2 Å². The molecule has 1 aliphatic rings. The number of nitrogens with zero attached hydrogens (tertiary/aromatic N) is 7. The zero-order valence-electron chi connectivity index (χ0n) is 21.6. The highest BCUT2D eigenvalue weighted by molar-refractivity contribution is 6.31. The van der Waals surface area contributed by atoms with Gasteiger partial charge >= 0.3 is 5.69 Å². The zero-order valence-corrected chi connectivity index (χ0v) is 22.4. The Kier molecular flexibility index (Phi) is 6.33. The topological polar surface area (TPSA) is 107 Å². The predicted octanol–water partition coefficient (Wildman–Crippen LogP) is 4.60. The number of aliphatic hydroxyl groups excluding tert-OH is 1. The normalized spacial score (nSPS) is 14.1. The summed E-state index contributed by atoms with van der Waals surface area (Å²) in [4.78, 5) is 25.8. The number of aromatic nitrogens is 6. The van der Waals surface area contributed by atoms with Gasteiger partial charge in [-0.1, -0.05) is 11.6 Å². The van der Waals surface area contributed by atoms with Crippen LogP contribution in [-0.2, 0) is 20.1 Å². The van der Waals surface area contributed by atoms with Crippen LogP contribution in [0.25, 0.3) is 38.2 Å². The Bertz CT molecular complexity index is 1820. The number of benzene rings is 1. The number of fused-ring (bicyclic) bond motifs is 2. The second kappa shape index (κ2) is 9.84. The van der Waals surface area contributed by atoms with Gasteiger partial charge < -0.3 is 15.0 Å². The summed E-state index contributed by atoms with van der Waals surface area (Å²) in [5.41, 5.74) is 3.89. The lowest BCUT2D eigenvalue weighted by Gasteiger charge is -2.14. The summed E-state index contributed by atoms with van der Waals surface area (Å²) < 4.78 is 5.40. The maximum atomic E-state index is 13.2. The molecule has 4 heterocycles. The van der Waals surface area contributed by atoms with Crippen molar-refractivity contribution >= 4 is 45.0 Å². The third kappa shape index (κ3) is 4.75. The van der Waals surface area contributed by atoms with Gasteiger partial charge in [0.2, 0.25) is 5.69 Å². The monoisotopic (exact) mass is 542 g/mol. The number of hydrogen-bond acceptors (Lipinski definition) is 6. The highest BCUT2D eigenvalue weighted by Crippen LogP contribution is 2.37. The van der Waals surface area contributed by atoms with Gasteiger partial charge in [0.25, 0.3) is 0 Å². The summed E-state index contributed by atoms with van der Waals surface area (Å²) in [5.74, 6) is 0.782. The third-order valence-electron chi connectivity index (χ3n) is 7.04. The Morgan fingerprint density at radius 1 is 1.28 bits per heavy atom. The van der Waals surface area contributed by atoms with E-state index in [9.17, 15) is 9.90 Å². The first-order valence-electron chi connectivity index (χ1n) is 12.8. The first-order chi connectivity index (χ1) is 18.8. The van der Waals surface area contributed by atoms with Crippen molar-refractivity contribution < 1.29 is 5.11 Å². The van der Waals surface area contributed by atoms with Crippen LogP contribution in [0.15, 0.2) is 47.5 Å². The number of hydrogen-bond donors (Lipinski definition) is 2. The summed E-state index contributed by atoms with van der Waals surface area (Å²) in [6, 6.07) is 9.34. The molecule has 4 aromatic heterocycles. The molecule has 1 atom stereocenters. The molecule has 11 heteroatoms. The SMILES string of the molecule is [C-]#[N+]c1cc(-c2c3c(NCC(C)O)nc(=O)n(CC4CC4)c3nn2Cc2ccnc3ccc(Cl)cc23)n(C)c1. The van der Waals surface area contributed by atoms with E-state index in [0.29, 0.717) is 46.6 Å². The van der Waals surface area contributed by atoms with Gasteiger partial charge in [0, 0.05) is 42.9 Å². The van der Waals surface area contributed by atoms with Crippen molar-refractivity contribution in [2.45, 2.75) is 39.0 Å². The fraction of sp³-hybridized carbons (Fsp3) is 0.321. The first kappa shape index (κ1) is 25.1. The van der Waals surface area contributed by atoms with Crippen LogP contribution in [0.4, 0.5) is 11.5 Å². The van der Waals surface area contributed by atoms with Crippen molar-refractivity contribution in [3.05, 3.63) is 75.2 Å². The van der Waals surface area contributed by atoms with Gasteiger partial charge in [-0.15, -0.1) is 0 Å². The summed E-state index contributed by atoms with van der Waals surface area (Å²) >= 11 is 6.34. The number of aliphatic hydroxyl groups is 1. The van der Waals surface area contributed by atoms with E-state index < -0.39 is 6.10 Å². The molecule has 0 saturated heterocycles. The van der Waals surface area contributed by atoms with Gasteiger partial charge in [-0.2, -0.15) is 10.1 Å². The molecule has 1 aromatic carbocycles. The van der Waals surface area contributed by atoms with Crippen molar-refractivity contribution in [2.24, 2.45) is 13.0 Å². The Morgan fingerprint density at radius 3 is 2.82 bits per heavy atom. The summed E-state index contributed by atoms with van der Waals surface area (Å²) in [6.45, 7) is 10.4. The Morgan fingerprint density at radius 2 is 2.10 bits per heavy atom. The highest BCUT2D eigenvalue weighted by atomic mass is 35.5. The smallest absolute Gasteiger partial charge is 0.351 e. The molecule has 1 fully saturated rings. The molecule has 2 N–H and O–H groups in total. The van der Waals surface area contributed by atoms with E-state index in [4.69, 9.17) is 23.3 Å². The minimum absolute atomic E-state index is 0.215. The van der Waals surface area contributed by atoms with E-state index in [0.717, 1.165) is 40.7 Å². The van der Waals surface area contributed by atoms with Crippen LogP contribution in [0.1, 0.15) is 25.3 Å². The van der Waals surface area contributed by atoms with Crippen LogP contribution in [0, 0.1) is 12.5 Å². The first-order valence-corrected chi connectivity index (χ1v) is 13.2. The average molecular weight is 543 g/mol. The van der Waals surface area contributed by atoms with Crippen LogP contribution in [0.5, 0.6) is 0 Å². The quantitative estimate of drug-likeness (QED) is 0.277. The molecule has 0 amide bonds. The number of aryl methyl sites for hydroxylation is 1. The van der Waals surface area contributed by atoms with Crippen LogP contribution in [0.2, 0.25) is 5.02 Å². The van der Waals surface area contributed by atoms with Crippen LogP contribution < -0.4 is 11.0 Å². The second-order valence-electron chi connectivity index (χ2n) is 10.2. The van der Waals surface area contributed by atoms with E-state index in [1.807, 2.05) is 46.6 Å². The van der Waals surface area contributed by atoms with Gasteiger partial charge in [0.1, 0.15) is 5.82 Å². The zero-order chi connectivity index (χ0) is 27.3. The summed E-state index contributed by atoms with van der Waals surface area (Å²) in [6.07, 6.45) is 5.02. The Hall–Kier alpha value is -4.20. The molecule has 0 spiro atoms. The maximum Gasteiger partial charge on any atom is 0.351 e. The molecule has 1 unspecified atom stereocenters. The van der Waals surface area contributed by atoms with Gasteiger partial charge in [0.15, 0.2) is 5.65 Å². The molecule has 0 radical (unpaired) electrons. The summed E-state index contributed by atoms with van der Waals surface area (Å²) in [5, 5.41) is 20.3. The molecule has 6 rings (SSSR count). The Labute approximate surface area is 229 Å². The second-order valence-corrected chi connectivity index (χ2v) is 10.6. The van der Waals surface area contributed by atoms with Crippen molar-refractivity contribution in [1.82, 2.24) is 28.9 Å². The molecule has 198 valence electrons. The van der Waals surface area contributed by atoms with Crippen molar-refractivity contribution in [3.63, 3.8) is 0 Å². The van der Waals surface area contributed by atoms with E-state index in [1.54, 1.807) is 23.9 Å². The van der Waals surface area contributed by atoms with Gasteiger partial charge in [-0.25, -0.2) is 9.64 Å². The van der Waals surface area contributed by atoms with E-state index in [2.05, 4.69) is 20.1 Å². The largest absolute Gasteiger partial charge is 0.392 e. The molecular formula is C28H27ClN8O2. The lowest BCUT2D eigenvalue weighted by molar-refractivity contribution is 0.208. The number of pyridine rings is 1. The molecule has 0 bridgehead atoms. The van der Waals surface area contributed by atoms with Crippen LogP contribution in [-0.4, -0.2) is 46.6 Å². The number of halogens is 1. The Balaban J connectivity index is 1.64. The summed E-state index contributed by atoms with van der Waals surface area (Å²) in [7, 11) is 1.88. The molecule has 1 saturated carbocycles. The van der Waals surface area contributed by atoms with Gasteiger partial charge in [-0.05, 0) is 61.6 Å². The van der Waals surface area contributed by atoms with Crippen LogP contribution >= 0.6 is 11.6 Å². The third-order valence-corrected chi connectivity index (χ3v) is 7.28. The standard InChI is InChI=1S/C28H27ClN8O2/c1-16(38)12-32-26-24-25(23-11-20(30-2)15-35(23)3)37(34-27(24)36(28(39)33-26)13-17-4-5-17)14-18-8-9-31-22-7-6-19(29)10-21(18)22/h6-11,15-17,38H,4-5,12-14H2,1,3H3,(H,32,33,39).